The first-order valence-electron chi connectivity index (χ1n) is 8.08. The summed E-state index contributed by atoms with van der Waals surface area (Å²) in [6, 6.07) is 11.9. The molecule has 0 saturated carbocycles. The Hall–Kier alpha value is -3.23. The molecule has 27 heavy (non-hydrogen) atoms. The quantitative estimate of drug-likeness (QED) is 0.837. The number of anilines is 2. The van der Waals surface area contributed by atoms with Crippen LogP contribution < -0.4 is 20.3 Å². The Morgan fingerprint density at radius 2 is 1.78 bits per heavy atom. The van der Waals surface area contributed by atoms with Gasteiger partial charge < -0.3 is 15.4 Å². The lowest BCUT2D eigenvalue weighted by Gasteiger charge is -2.14. The largest absolute Gasteiger partial charge is 0.484 e. The van der Waals surface area contributed by atoms with Crippen LogP contribution in [-0.4, -0.2) is 37.8 Å². The van der Waals surface area contributed by atoms with E-state index in [4.69, 9.17) is 0 Å². The molecule has 0 aromatic heterocycles. The van der Waals surface area contributed by atoms with Crippen molar-refractivity contribution in [3.8, 4) is 5.75 Å². The average Bonchev–Trinajstić information content (AvgIpc) is 3.06. The number of carbonyl (C=O) groups excluding carboxylic acids is 2. The summed E-state index contributed by atoms with van der Waals surface area (Å²) in [6.45, 7) is -0.239. The van der Waals surface area contributed by atoms with Gasteiger partial charge in [0.15, 0.2) is 6.61 Å². The van der Waals surface area contributed by atoms with Crippen LogP contribution in [0.3, 0.4) is 0 Å². The zero-order valence-electron chi connectivity index (χ0n) is 14.0. The van der Waals surface area contributed by atoms with Gasteiger partial charge in [0.2, 0.25) is 0 Å². The van der Waals surface area contributed by atoms with Crippen LogP contribution in [0.5, 0.6) is 5.75 Å². The van der Waals surface area contributed by atoms with Gasteiger partial charge in [-0.1, -0.05) is 0 Å². The lowest BCUT2D eigenvalue weighted by molar-refractivity contribution is -0.153. The third kappa shape index (κ3) is 4.90. The summed E-state index contributed by atoms with van der Waals surface area (Å²) >= 11 is 0. The molecule has 1 saturated heterocycles. The molecule has 1 fully saturated rings. The van der Waals surface area contributed by atoms with Gasteiger partial charge in [0, 0.05) is 30.0 Å². The molecule has 2 aromatic carbocycles. The highest BCUT2D eigenvalue weighted by Gasteiger charge is 2.28. The number of halogens is 3. The molecule has 9 heteroatoms. The smallest absolute Gasteiger partial charge is 0.422 e. The molecular weight excluding hydrogens is 363 g/mol. The van der Waals surface area contributed by atoms with Gasteiger partial charge >= 0.3 is 12.2 Å². The van der Waals surface area contributed by atoms with Crippen LogP contribution in [0.25, 0.3) is 0 Å². The summed E-state index contributed by atoms with van der Waals surface area (Å²) in [6.07, 6.45) is -4.41. The van der Waals surface area contributed by atoms with Crippen molar-refractivity contribution in [2.75, 3.05) is 29.9 Å². The number of amides is 3. The Morgan fingerprint density at radius 3 is 2.33 bits per heavy atom. The van der Waals surface area contributed by atoms with Crippen molar-refractivity contribution in [3.05, 3.63) is 54.1 Å². The van der Waals surface area contributed by atoms with Crippen molar-refractivity contribution in [2.24, 2.45) is 0 Å². The maximum atomic E-state index is 12.3. The second-order valence-electron chi connectivity index (χ2n) is 5.81. The molecule has 0 bridgehead atoms. The Kier molecular flexibility index (Phi) is 5.20. The molecule has 1 heterocycles. The number of ether oxygens (including phenoxy) is 1. The summed E-state index contributed by atoms with van der Waals surface area (Å²) in [5, 5.41) is 5.34. The van der Waals surface area contributed by atoms with Gasteiger partial charge in [0.25, 0.3) is 5.91 Å². The first-order valence-corrected chi connectivity index (χ1v) is 8.08. The van der Waals surface area contributed by atoms with Crippen LogP contribution in [0, 0.1) is 0 Å². The van der Waals surface area contributed by atoms with E-state index in [9.17, 15) is 22.8 Å². The number of benzene rings is 2. The first kappa shape index (κ1) is 18.6. The fourth-order valence-electron chi connectivity index (χ4n) is 2.51. The molecule has 0 radical (unpaired) electrons. The Morgan fingerprint density at radius 1 is 1.11 bits per heavy atom. The van der Waals surface area contributed by atoms with Gasteiger partial charge in [-0.2, -0.15) is 13.2 Å². The van der Waals surface area contributed by atoms with Crippen molar-refractivity contribution in [1.29, 1.82) is 0 Å². The summed E-state index contributed by atoms with van der Waals surface area (Å²) in [7, 11) is 0. The predicted octanol–water partition coefficient (Wildman–Crippen LogP) is 3.41. The lowest BCUT2D eigenvalue weighted by atomic mass is 10.1. The number of nitrogens with zero attached hydrogens (tertiary/aromatic N) is 1. The minimum absolute atomic E-state index is 0.0542. The molecule has 142 valence electrons. The summed E-state index contributed by atoms with van der Waals surface area (Å²) in [4.78, 5) is 25.5. The van der Waals surface area contributed by atoms with E-state index in [0.29, 0.717) is 30.0 Å². The Labute approximate surface area is 152 Å². The van der Waals surface area contributed by atoms with Gasteiger partial charge in [-0.25, -0.2) is 4.79 Å². The maximum Gasteiger partial charge on any atom is 0.422 e. The van der Waals surface area contributed by atoms with Crippen molar-refractivity contribution in [1.82, 2.24) is 5.32 Å². The van der Waals surface area contributed by atoms with E-state index in [1.165, 1.54) is 24.3 Å². The first-order chi connectivity index (χ1) is 12.8. The lowest BCUT2D eigenvalue weighted by Crippen LogP contribution is -2.27. The highest BCUT2D eigenvalue weighted by molar-refractivity contribution is 6.04. The van der Waals surface area contributed by atoms with Crippen LogP contribution in [0.1, 0.15) is 10.4 Å². The number of nitrogens with one attached hydrogen (secondary N) is 2. The fourth-order valence-corrected chi connectivity index (χ4v) is 2.51. The van der Waals surface area contributed by atoms with Crippen molar-refractivity contribution >= 4 is 23.3 Å². The van der Waals surface area contributed by atoms with E-state index in [-0.39, 0.29) is 17.7 Å². The Bertz CT molecular complexity index is 820. The third-order valence-electron chi connectivity index (χ3n) is 3.81. The van der Waals surface area contributed by atoms with E-state index in [1.807, 2.05) is 0 Å². The van der Waals surface area contributed by atoms with Crippen LogP contribution in [0.4, 0.5) is 29.3 Å². The Balaban J connectivity index is 1.59. The molecule has 0 spiro atoms. The molecule has 3 rings (SSSR count). The van der Waals surface area contributed by atoms with Gasteiger partial charge in [-0.3, -0.25) is 9.69 Å². The van der Waals surface area contributed by atoms with E-state index in [2.05, 4.69) is 15.4 Å². The maximum absolute atomic E-state index is 12.3. The predicted molar refractivity (Wildman–Crippen MR) is 93.1 cm³/mol. The molecule has 0 aliphatic carbocycles. The van der Waals surface area contributed by atoms with Gasteiger partial charge in [0.05, 0.1) is 0 Å². The van der Waals surface area contributed by atoms with Crippen molar-refractivity contribution < 1.29 is 27.5 Å². The van der Waals surface area contributed by atoms with E-state index in [0.717, 1.165) is 0 Å². The molecular formula is C18H16F3N3O3. The van der Waals surface area contributed by atoms with E-state index in [1.54, 1.807) is 29.2 Å². The molecule has 1 aliphatic heterocycles. The second kappa shape index (κ2) is 7.56. The van der Waals surface area contributed by atoms with Crippen LogP contribution in [0.15, 0.2) is 48.5 Å². The van der Waals surface area contributed by atoms with Gasteiger partial charge in [0.1, 0.15) is 5.75 Å². The van der Waals surface area contributed by atoms with Gasteiger partial charge in [-0.15, -0.1) is 0 Å². The molecule has 0 unspecified atom stereocenters. The summed E-state index contributed by atoms with van der Waals surface area (Å²) in [5.41, 5.74) is 1.49. The number of hydrogen-bond acceptors (Lipinski definition) is 3. The topological polar surface area (TPSA) is 70.7 Å². The molecule has 0 atom stereocenters. The number of carbonyl (C=O) groups is 2. The standard InChI is InChI=1S/C18H16F3N3O3/c19-18(20,21)11-27-15-7-3-13(4-8-15)23-16(25)12-1-5-14(6-2-12)24-10-9-22-17(24)26/h1-8H,9-11H2,(H,22,26)(H,23,25). The van der Waals surface area contributed by atoms with E-state index < -0.39 is 12.8 Å². The van der Waals surface area contributed by atoms with Crippen LogP contribution in [-0.2, 0) is 0 Å². The fraction of sp³-hybridized carbons (Fsp3) is 0.222. The highest BCUT2D eigenvalue weighted by Crippen LogP contribution is 2.21. The monoisotopic (exact) mass is 379 g/mol. The van der Waals surface area contributed by atoms with Crippen LogP contribution in [0.2, 0.25) is 0 Å². The summed E-state index contributed by atoms with van der Waals surface area (Å²) < 4.78 is 41.0. The van der Waals surface area contributed by atoms with Crippen molar-refractivity contribution in [3.63, 3.8) is 0 Å². The number of hydrogen-bond donors (Lipinski definition) is 2. The average molecular weight is 379 g/mol. The molecule has 3 amide bonds. The van der Waals surface area contributed by atoms with Gasteiger partial charge in [-0.05, 0) is 48.5 Å². The van der Waals surface area contributed by atoms with E-state index >= 15 is 0 Å². The summed E-state index contributed by atoms with van der Waals surface area (Å²) in [5.74, 6) is -0.324. The minimum Gasteiger partial charge on any atom is -0.484 e. The number of alkyl halides is 3. The normalized spacial score (nSPS) is 14.0. The molecule has 2 N–H and O–H groups in total. The number of rotatable bonds is 5. The van der Waals surface area contributed by atoms with Crippen molar-refractivity contribution in [2.45, 2.75) is 6.18 Å². The zero-order valence-corrected chi connectivity index (χ0v) is 14.0. The number of urea groups is 1. The molecule has 2 aromatic rings. The zero-order chi connectivity index (χ0) is 19.4. The van der Waals surface area contributed by atoms with Crippen LogP contribution >= 0.6 is 0 Å². The minimum atomic E-state index is -4.41. The SMILES string of the molecule is O=C(Nc1ccc(OCC(F)(F)F)cc1)c1ccc(N2CCNC2=O)cc1. The molecule has 1 aliphatic rings. The molecule has 6 nitrogen and oxygen atoms in total. The highest BCUT2D eigenvalue weighted by atomic mass is 19.4. The third-order valence-corrected chi connectivity index (χ3v) is 3.81. The second-order valence-corrected chi connectivity index (χ2v) is 5.81.